The van der Waals surface area contributed by atoms with Gasteiger partial charge in [-0.15, -0.1) is 0 Å². The number of morpholine rings is 1. The number of benzene rings is 1. The highest BCUT2D eigenvalue weighted by Crippen LogP contribution is 2.39. The van der Waals surface area contributed by atoms with Gasteiger partial charge in [0.2, 0.25) is 11.8 Å². The van der Waals surface area contributed by atoms with Crippen LogP contribution in [0.3, 0.4) is 0 Å². The highest BCUT2D eigenvalue weighted by atomic mass is 19.1. The van der Waals surface area contributed by atoms with Crippen molar-refractivity contribution in [3.05, 3.63) is 63.3 Å². The molecule has 4 heterocycles. The van der Waals surface area contributed by atoms with E-state index in [-0.39, 0.29) is 35.9 Å². The molecule has 1 unspecified atom stereocenters. The molecule has 0 radical (unpaired) electrons. The zero-order chi connectivity index (χ0) is 28.6. The lowest BCUT2D eigenvalue weighted by Crippen LogP contribution is -2.62. The zero-order valence-electron chi connectivity index (χ0n) is 23.4. The average Bonchev–Trinajstić information content (AvgIpc) is 3.17. The first-order valence-corrected chi connectivity index (χ1v) is 13.9. The lowest BCUT2D eigenvalue weighted by atomic mass is 9.91. The number of ether oxygens (including phenoxy) is 1. The van der Waals surface area contributed by atoms with E-state index in [0.29, 0.717) is 51.3 Å². The first-order chi connectivity index (χ1) is 19.0. The van der Waals surface area contributed by atoms with Crippen LogP contribution in [0.1, 0.15) is 37.6 Å². The van der Waals surface area contributed by atoms with Crippen LogP contribution >= 0.6 is 0 Å². The number of carbonyl (C=O) groups is 2. The molecule has 5 rings (SSSR count). The van der Waals surface area contributed by atoms with Crippen molar-refractivity contribution >= 4 is 17.5 Å². The molecule has 0 spiro atoms. The number of pyridine rings is 1. The van der Waals surface area contributed by atoms with Crippen molar-refractivity contribution in [1.82, 2.24) is 20.1 Å². The van der Waals surface area contributed by atoms with Crippen molar-refractivity contribution in [3.8, 4) is 0 Å². The fourth-order valence-corrected chi connectivity index (χ4v) is 6.03. The van der Waals surface area contributed by atoms with E-state index < -0.39 is 17.4 Å². The maximum Gasteiger partial charge on any atom is 0.251 e. The van der Waals surface area contributed by atoms with Gasteiger partial charge >= 0.3 is 0 Å². The van der Waals surface area contributed by atoms with E-state index in [2.05, 4.69) is 27.0 Å². The molecule has 4 N–H and O–H groups in total. The maximum absolute atomic E-state index is 13.9. The molecule has 3 aliphatic rings. The molecule has 2 amide bonds. The number of nitrogens with two attached hydrogens (primary N) is 1. The number of hydrogen-bond donors (Lipinski definition) is 3. The number of piperazine rings is 1. The number of halogens is 1. The summed E-state index contributed by atoms with van der Waals surface area (Å²) < 4.78 is 18.9. The van der Waals surface area contributed by atoms with Crippen LogP contribution in [0, 0.1) is 5.82 Å². The number of primary amides is 1. The number of carbonyl (C=O) groups excluding carboxylic acids is 2. The molecule has 2 aromatic rings. The first-order valence-electron chi connectivity index (χ1n) is 13.9. The van der Waals surface area contributed by atoms with E-state index in [1.807, 2.05) is 19.9 Å². The fraction of sp³-hybridized carbons (Fsp3) is 0.552. The SMILES string of the molecule is C[C@@H]1CN(CC(=O)N2CC(C)(C)c3[nH]c(=O)c(Cc4ccc(F)cc4)cc32)[C@@H](CN2CCOC(C(N)=O)C2)CN1. The van der Waals surface area contributed by atoms with Crippen molar-refractivity contribution in [1.29, 1.82) is 0 Å². The van der Waals surface area contributed by atoms with E-state index in [9.17, 15) is 18.8 Å². The quantitative estimate of drug-likeness (QED) is 0.457. The predicted octanol–water partition coefficient (Wildman–Crippen LogP) is 0.577. The second-order valence-corrected chi connectivity index (χ2v) is 12.0. The molecule has 3 aliphatic heterocycles. The Morgan fingerprint density at radius 2 is 1.95 bits per heavy atom. The second kappa shape index (κ2) is 11.4. The number of rotatable bonds is 7. The lowest BCUT2D eigenvalue weighted by Gasteiger charge is -2.43. The normalized spacial score (nSPS) is 25.1. The maximum atomic E-state index is 13.9. The minimum Gasteiger partial charge on any atom is -0.367 e. The number of amides is 2. The highest BCUT2D eigenvalue weighted by Gasteiger charge is 2.41. The Bertz CT molecular complexity index is 1310. The Hall–Kier alpha value is -3.12. The number of nitrogens with one attached hydrogen (secondary N) is 2. The molecule has 0 aliphatic carbocycles. The van der Waals surface area contributed by atoms with E-state index in [1.165, 1.54) is 12.1 Å². The molecule has 0 saturated carbocycles. The third-order valence-corrected chi connectivity index (χ3v) is 8.23. The van der Waals surface area contributed by atoms with Crippen LogP contribution in [-0.2, 0) is 26.2 Å². The van der Waals surface area contributed by atoms with Crippen molar-refractivity contribution in [2.75, 3.05) is 57.3 Å². The van der Waals surface area contributed by atoms with Gasteiger partial charge in [-0.25, -0.2) is 4.39 Å². The molecule has 1 aromatic carbocycles. The Kier molecular flexibility index (Phi) is 8.10. The summed E-state index contributed by atoms with van der Waals surface area (Å²) in [6, 6.07) is 8.22. The first kappa shape index (κ1) is 28.4. The van der Waals surface area contributed by atoms with Gasteiger partial charge in [-0.3, -0.25) is 24.2 Å². The van der Waals surface area contributed by atoms with Gasteiger partial charge in [-0.1, -0.05) is 26.0 Å². The topological polar surface area (TPSA) is 124 Å². The fourth-order valence-electron chi connectivity index (χ4n) is 6.03. The van der Waals surface area contributed by atoms with E-state index >= 15 is 0 Å². The number of nitrogens with zero attached hydrogens (tertiary/aromatic N) is 3. The Balaban J connectivity index is 1.34. The van der Waals surface area contributed by atoms with Gasteiger partial charge in [0.15, 0.2) is 0 Å². The molecule has 1 aromatic heterocycles. The van der Waals surface area contributed by atoms with Crippen molar-refractivity contribution < 1.29 is 18.7 Å². The molecule has 216 valence electrons. The number of anilines is 1. The van der Waals surface area contributed by atoms with Crippen LogP contribution in [0.4, 0.5) is 10.1 Å². The van der Waals surface area contributed by atoms with Crippen molar-refractivity contribution in [2.24, 2.45) is 5.73 Å². The summed E-state index contributed by atoms with van der Waals surface area (Å²) in [5, 5.41) is 3.52. The summed E-state index contributed by atoms with van der Waals surface area (Å²) in [4.78, 5) is 47.8. The van der Waals surface area contributed by atoms with Gasteiger partial charge in [0.1, 0.15) is 11.9 Å². The summed E-state index contributed by atoms with van der Waals surface area (Å²) in [6.45, 7) is 10.6. The molecule has 11 heteroatoms. The van der Waals surface area contributed by atoms with Gasteiger partial charge in [-0.2, -0.15) is 0 Å². The van der Waals surface area contributed by atoms with Crippen LogP contribution in [0.5, 0.6) is 0 Å². The van der Waals surface area contributed by atoms with Crippen LogP contribution < -0.4 is 21.5 Å². The summed E-state index contributed by atoms with van der Waals surface area (Å²) >= 11 is 0. The van der Waals surface area contributed by atoms with Gasteiger partial charge in [0.25, 0.3) is 5.56 Å². The standard InChI is InChI=1S/C29H39FN6O4/c1-18-13-35(22(12-32-18)14-34-8-9-40-24(15-34)27(31)38)16-25(37)36-17-29(2,3)26-23(36)11-20(28(39)33-26)10-19-4-6-21(30)7-5-19/h4-7,11,18,22,24,32H,8-10,12-17H2,1-3H3,(H2,31,38)(H,33,39)/t18-,22-,24?/m1/s1. The summed E-state index contributed by atoms with van der Waals surface area (Å²) in [7, 11) is 0. The number of aromatic nitrogens is 1. The third-order valence-electron chi connectivity index (χ3n) is 8.23. The summed E-state index contributed by atoms with van der Waals surface area (Å²) in [5.41, 5.74) is 7.70. The highest BCUT2D eigenvalue weighted by molar-refractivity contribution is 5.97. The minimum atomic E-state index is -0.617. The Morgan fingerprint density at radius 1 is 1.20 bits per heavy atom. The van der Waals surface area contributed by atoms with Crippen LogP contribution in [0.2, 0.25) is 0 Å². The van der Waals surface area contributed by atoms with E-state index in [1.54, 1.807) is 17.0 Å². The minimum absolute atomic E-state index is 0.0253. The Morgan fingerprint density at radius 3 is 2.67 bits per heavy atom. The van der Waals surface area contributed by atoms with Crippen LogP contribution in [-0.4, -0.2) is 97.2 Å². The number of H-pyrrole nitrogens is 1. The molecule has 2 fully saturated rings. The molecular formula is C29H39FN6O4. The third kappa shape index (κ3) is 6.12. The molecule has 40 heavy (non-hydrogen) atoms. The molecular weight excluding hydrogens is 515 g/mol. The molecule has 3 atom stereocenters. The van der Waals surface area contributed by atoms with Gasteiger partial charge < -0.3 is 25.7 Å². The van der Waals surface area contributed by atoms with Crippen LogP contribution in [0.25, 0.3) is 0 Å². The van der Waals surface area contributed by atoms with Crippen LogP contribution in [0.15, 0.2) is 35.1 Å². The molecule has 0 bridgehead atoms. The number of aromatic amines is 1. The van der Waals surface area contributed by atoms with E-state index in [0.717, 1.165) is 23.5 Å². The smallest absolute Gasteiger partial charge is 0.251 e. The Labute approximate surface area is 233 Å². The number of hydrogen-bond acceptors (Lipinski definition) is 7. The lowest BCUT2D eigenvalue weighted by molar-refractivity contribution is -0.135. The zero-order valence-corrected chi connectivity index (χ0v) is 23.4. The monoisotopic (exact) mass is 554 g/mol. The van der Waals surface area contributed by atoms with Gasteiger partial charge in [0.05, 0.1) is 18.8 Å². The predicted molar refractivity (Wildman–Crippen MR) is 150 cm³/mol. The largest absolute Gasteiger partial charge is 0.367 e. The van der Waals surface area contributed by atoms with E-state index in [4.69, 9.17) is 10.5 Å². The van der Waals surface area contributed by atoms with Gasteiger partial charge in [-0.05, 0) is 30.7 Å². The van der Waals surface area contributed by atoms with Gasteiger partial charge in [0, 0.05) is 74.4 Å². The average molecular weight is 555 g/mol. The second-order valence-electron chi connectivity index (χ2n) is 12.0. The van der Waals surface area contributed by atoms with Crippen molar-refractivity contribution in [3.63, 3.8) is 0 Å². The molecule has 2 saturated heterocycles. The molecule has 10 nitrogen and oxygen atoms in total. The summed E-state index contributed by atoms with van der Waals surface area (Å²) in [5.74, 6) is -0.811. The van der Waals surface area contributed by atoms with Crippen molar-refractivity contribution in [2.45, 2.75) is 50.8 Å². The summed E-state index contributed by atoms with van der Waals surface area (Å²) in [6.07, 6.45) is -0.275. The number of fused-ring (bicyclic) bond motifs is 1.